The van der Waals surface area contributed by atoms with E-state index in [2.05, 4.69) is 41.5 Å². The third-order valence-corrected chi connectivity index (χ3v) is 3.94. The molecule has 0 spiro atoms. The molecule has 106 valence electrons. The van der Waals surface area contributed by atoms with Crippen molar-refractivity contribution in [2.75, 3.05) is 13.1 Å². The second kappa shape index (κ2) is 5.67. The predicted octanol–water partition coefficient (Wildman–Crippen LogP) is 2.27. The molecule has 2 N–H and O–H groups in total. The fourth-order valence-corrected chi connectivity index (χ4v) is 2.79. The van der Waals surface area contributed by atoms with Crippen LogP contribution in [0.5, 0.6) is 0 Å². The molecule has 20 heavy (non-hydrogen) atoms. The highest BCUT2D eigenvalue weighted by molar-refractivity contribution is 5.79. The zero-order valence-corrected chi connectivity index (χ0v) is 11.9. The van der Waals surface area contributed by atoms with Crippen molar-refractivity contribution in [3.05, 3.63) is 36.0 Å². The molecule has 4 heteroatoms. The smallest absolute Gasteiger partial charge is 0.222 e. The van der Waals surface area contributed by atoms with Crippen LogP contribution < -0.4 is 5.32 Å². The van der Waals surface area contributed by atoms with Gasteiger partial charge in [0.2, 0.25) is 5.91 Å². The SMILES string of the molecule is CC(CN1CCCC1=O)NCc1ccc2cc[nH]c2c1. The molecule has 1 amide bonds. The number of carbonyl (C=O) groups excluding carboxylic acids is 1. The largest absolute Gasteiger partial charge is 0.361 e. The summed E-state index contributed by atoms with van der Waals surface area (Å²) in [4.78, 5) is 16.8. The molecule has 1 aromatic heterocycles. The van der Waals surface area contributed by atoms with Crippen LogP contribution in [0.1, 0.15) is 25.3 Å². The first-order valence-electron chi connectivity index (χ1n) is 7.29. The van der Waals surface area contributed by atoms with Gasteiger partial charge < -0.3 is 15.2 Å². The van der Waals surface area contributed by atoms with E-state index >= 15 is 0 Å². The van der Waals surface area contributed by atoms with Crippen molar-refractivity contribution >= 4 is 16.8 Å². The Morgan fingerprint density at radius 3 is 3.10 bits per heavy atom. The number of nitrogens with zero attached hydrogens (tertiary/aromatic N) is 1. The molecule has 4 nitrogen and oxygen atoms in total. The van der Waals surface area contributed by atoms with Crippen molar-refractivity contribution in [1.82, 2.24) is 15.2 Å². The number of hydrogen-bond acceptors (Lipinski definition) is 2. The Labute approximate surface area is 119 Å². The van der Waals surface area contributed by atoms with Crippen molar-refractivity contribution < 1.29 is 4.79 Å². The molecule has 0 saturated carbocycles. The first-order valence-corrected chi connectivity index (χ1v) is 7.29. The summed E-state index contributed by atoms with van der Waals surface area (Å²) in [5, 5.41) is 4.74. The molecule has 0 aliphatic carbocycles. The van der Waals surface area contributed by atoms with Crippen LogP contribution in [0, 0.1) is 0 Å². The van der Waals surface area contributed by atoms with Gasteiger partial charge in [-0.15, -0.1) is 0 Å². The Hall–Kier alpha value is -1.81. The first-order chi connectivity index (χ1) is 9.72. The van der Waals surface area contributed by atoms with Gasteiger partial charge in [-0.3, -0.25) is 4.79 Å². The van der Waals surface area contributed by atoms with Crippen LogP contribution in [0.4, 0.5) is 0 Å². The summed E-state index contributed by atoms with van der Waals surface area (Å²) in [6.07, 6.45) is 3.69. The highest BCUT2D eigenvalue weighted by Gasteiger charge is 2.21. The van der Waals surface area contributed by atoms with Crippen LogP contribution >= 0.6 is 0 Å². The summed E-state index contributed by atoms with van der Waals surface area (Å²) in [5.74, 6) is 0.298. The maximum Gasteiger partial charge on any atom is 0.222 e. The van der Waals surface area contributed by atoms with E-state index in [1.54, 1.807) is 0 Å². The van der Waals surface area contributed by atoms with Crippen molar-refractivity contribution in [3.63, 3.8) is 0 Å². The number of H-pyrrole nitrogens is 1. The van der Waals surface area contributed by atoms with Gasteiger partial charge in [-0.1, -0.05) is 12.1 Å². The van der Waals surface area contributed by atoms with E-state index in [9.17, 15) is 4.79 Å². The standard InChI is InChI=1S/C16H21N3O/c1-12(11-19-8-2-3-16(19)20)18-10-13-4-5-14-6-7-17-15(14)9-13/h4-7,9,12,17-18H,2-3,8,10-11H2,1H3. The van der Waals surface area contributed by atoms with Gasteiger partial charge in [-0.25, -0.2) is 0 Å². The molecule has 0 radical (unpaired) electrons. The van der Waals surface area contributed by atoms with E-state index in [1.807, 2.05) is 11.1 Å². The molecule has 1 aromatic carbocycles. The Balaban J connectivity index is 1.54. The molecule has 0 bridgehead atoms. The predicted molar refractivity (Wildman–Crippen MR) is 80.4 cm³/mol. The lowest BCUT2D eigenvalue weighted by molar-refractivity contribution is -0.127. The molecule has 1 aliphatic heterocycles. The minimum absolute atomic E-state index is 0.298. The Bertz CT molecular complexity index is 605. The second-order valence-electron chi connectivity index (χ2n) is 5.62. The van der Waals surface area contributed by atoms with Gasteiger partial charge in [-0.2, -0.15) is 0 Å². The second-order valence-corrected chi connectivity index (χ2v) is 5.62. The maximum atomic E-state index is 11.6. The zero-order chi connectivity index (χ0) is 13.9. The molecule has 1 aliphatic rings. The maximum absolute atomic E-state index is 11.6. The summed E-state index contributed by atoms with van der Waals surface area (Å²) in [5.41, 5.74) is 2.44. The van der Waals surface area contributed by atoms with Gasteiger partial charge in [0.15, 0.2) is 0 Å². The van der Waals surface area contributed by atoms with E-state index in [0.717, 1.165) is 32.5 Å². The van der Waals surface area contributed by atoms with Gasteiger partial charge >= 0.3 is 0 Å². The summed E-state index contributed by atoms with van der Waals surface area (Å²) in [7, 11) is 0. The summed E-state index contributed by atoms with van der Waals surface area (Å²) < 4.78 is 0. The number of aromatic nitrogens is 1. The Kier molecular flexibility index (Phi) is 3.74. The van der Waals surface area contributed by atoms with Crippen LogP contribution in [-0.4, -0.2) is 34.9 Å². The van der Waals surface area contributed by atoms with Crippen LogP contribution in [0.25, 0.3) is 10.9 Å². The van der Waals surface area contributed by atoms with Gasteiger partial charge in [0.25, 0.3) is 0 Å². The third kappa shape index (κ3) is 2.85. The molecular weight excluding hydrogens is 250 g/mol. The van der Waals surface area contributed by atoms with Crippen molar-refractivity contribution in [1.29, 1.82) is 0 Å². The van der Waals surface area contributed by atoms with Crippen LogP contribution in [-0.2, 0) is 11.3 Å². The molecule has 2 aromatic rings. The van der Waals surface area contributed by atoms with Crippen molar-refractivity contribution in [2.45, 2.75) is 32.4 Å². The summed E-state index contributed by atoms with van der Waals surface area (Å²) >= 11 is 0. The number of fused-ring (bicyclic) bond motifs is 1. The van der Waals surface area contributed by atoms with Gasteiger partial charge in [0.05, 0.1) is 0 Å². The summed E-state index contributed by atoms with van der Waals surface area (Å²) in [6.45, 7) is 4.69. The molecule has 2 heterocycles. The molecular formula is C16H21N3O. The number of rotatable bonds is 5. The third-order valence-electron chi connectivity index (χ3n) is 3.94. The lowest BCUT2D eigenvalue weighted by Gasteiger charge is -2.21. The number of aromatic amines is 1. The highest BCUT2D eigenvalue weighted by atomic mass is 16.2. The number of likely N-dealkylation sites (tertiary alicyclic amines) is 1. The zero-order valence-electron chi connectivity index (χ0n) is 11.9. The Morgan fingerprint density at radius 2 is 2.30 bits per heavy atom. The number of benzene rings is 1. The Morgan fingerprint density at radius 1 is 1.40 bits per heavy atom. The molecule has 1 saturated heterocycles. The normalized spacial score (nSPS) is 17.1. The number of nitrogens with one attached hydrogen (secondary N) is 2. The van der Waals surface area contributed by atoms with E-state index in [-0.39, 0.29) is 0 Å². The average Bonchev–Trinajstić information content (AvgIpc) is 3.05. The lowest BCUT2D eigenvalue weighted by atomic mass is 10.1. The van der Waals surface area contributed by atoms with Gasteiger partial charge in [-0.05, 0) is 36.4 Å². The first kappa shape index (κ1) is 13.2. The topological polar surface area (TPSA) is 48.1 Å². The van der Waals surface area contributed by atoms with E-state index in [4.69, 9.17) is 0 Å². The monoisotopic (exact) mass is 271 g/mol. The molecule has 1 fully saturated rings. The van der Waals surface area contributed by atoms with Crippen molar-refractivity contribution in [2.24, 2.45) is 0 Å². The van der Waals surface area contributed by atoms with Crippen LogP contribution in [0.15, 0.2) is 30.5 Å². The highest BCUT2D eigenvalue weighted by Crippen LogP contribution is 2.14. The van der Waals surface area contributed by atoms with E-state index in [0.29, 0.717) is 11.9 Å². The molecule has 1 atom stereocenters. The van der Waals surface area contributed by atoms with E-state index < -0.39 is 0 Å². The van der Waals surface area contributed by atoms with Crippen molar-refractivity contribution in [3.8, 4) is 0 Å². The quantitative estimate of drug-likeness (QED) is 0.876. The summed E-state index contributed by atoms with van der Waals surface area (Å²) in [6, 6.07) is 8.86. The number of hydrogen-bond donors (Lipinski definition) is 2. The molecule has 3 rings (SSSR count). The van der Waals surface area contributed by atoms with Gasteiger partial charge in [0, 0.05) is 43.8 Å². The number of amides is 1. The van der Waals surface area contributed by atoms with E-state index in [1.165, 1.54) is 16.5 Å². The molecule has 1 unspecified atom stereocenters. The van der Waals surface area contributed by atoms with Crippen LogP contribution in [0.2, 0.25) is 0 Å². The van der Waals surface area contributed by atoms with Crippen LogP contribution in [0.3, 0.4) is 0 Å². The lowest BCUT2D eigenvalue weighted by Crippen LogP contribution is -2.39. The number of carbonyl (C=O) groups is 1. The average molecular weight is 271 g/mol. The van der Waals surface area contributed by atoms with Gasteiger partial charge in [0.1, 0.15) is 0 Å². The fourth-order valence-electron chi connectivity index (χ4n) is 2.79. The minimum atomic E-state index is 0.298. The minimum Gasteiger partial charge on any atom is -0.361 e. The fraction of sp³-hybridized carbons (Fsp3) is 0.438.